The molecule has 0 saturated heterocycles. The Hall–Kier alpha value is -2.88. The third-order valence-corrected chi connectivity index (χ3v) is 4.09. The highest BCUT2D eigenvalue weighted by Crippen LogP contribution is 2.38. The number of pyridine rings is 1. The summed E-state index contributed by atoms with van der Waals surface area (Å²) >= 11 is 4.13. The van der Waals surface area contributed by atoms with Crippen LogP contribution in [0.15, 0.2) is 18.3 Å². The van der Waals surface area contributed by atoms with E-state index in [0.717, 1.165) is 4.31 Å². The first-order chi connectivity index (χ1) is 13.1. The normalized spacial score (nSPS) is 11.1. The zero-order valence-corrected chi connectivity index (χ0v) is 17.3. The number of nitrogens with zero attached hydrogens (tertiary/aromatic N) is 2. The van der Waals surface area contributed by atoms with Crippen molar-refractivity contribution in [1.29, 1.82) is 0 Å². The maximum Gasteiger partial charge on any atom is 0.407 e. The summed E-state index contributed by atoms with van der Waals surface area (Å²) in [6.45, 7) is 5.40. The average Bonchev–Trinajstić information content (AvgIpc) is 2.62. The molecule has 0 aliphatic heterocycles. The topological polar surface area (TPSA) is 116 Å². The van der Waals surface area contributed by atoms with E-state index in [1.54, 1.807) is 32.9 Å². The second-order valence-corrected chi connectivity index (χ2v) is 7.25. The van der Waals surface area contributed by atoms with Crippen LogP contribution in [0.4, 0.5) is 15.3 Å². The largest absolute Gasteiger partial charge is 0.497 e. The van der Waals surface area contributed by atoms with Crippen molar-refractivity contribution in [1.82, 2.24) is 10.3 Å². The van der Waals surface area contributed by atoms with Crippen molar-refractivity contribution in [2.45, 2.75) is 32.9 Å². The Kier molecular flexibility index (Phi) is 6.45. The number of ether oxygens (including phenoxy) is 3. The first-order valence-electron chi connectivity index (χ1n) is 8.36. The van der Waals surface area contributed by atoms with Gasteiger partial charge < -0.3 is 25.3 Å². The number of benzene rings is 1. The Balaban J connectivity index is 2.54. The molecule has 0 fully saturated rings. The van der Waals surface area contributed by atoms with Crippen LogP contribution in [0.5, 0.6) is 11.5 Å². The van der Waals surface area contributed by atoms with E-state index in [0.29, 0.717) is 33.7 Å². The van der Waals surface area contributed by atoms with Gasteiger partial charge in [0, 0.05) is 16.8 Å². The number of methoxy groups -OCH3 is 2. The van der Waals surface area contributed by atoms with Crippen LogP contribution in [0.1, 0.15) is 26.5 Å². The molecule has 3 N–H and O–H groups in total. The van der Waals surface area contributed by atoms with Gasteiger partial charge in [0.1, 0.15) is 17.1 Å². The molecule has 0 radical (unpaired) electrons. The van der Waals surface area contributed by atoms with Crippen LogP contribution < -0.4 is 24.8 Å². The van der Waals surface area contributed by atoms with E-state index < -0.39 is 17.7 Å². The number of anilines is 1. The Bertz CT molecular complexity index is 898. The first kappa shape index (κ1) is 21.4. The Morgan fingerprint density at radius 3 is 2.46 bits per heavy atom. The van der Waals surface area contributed by atoms with Gasteiger partial charge in [0.15, 0.2) is 0 Å². The summed E-state index contributed by atoms with van der Waals surface area (Å²) in [5.41, 5.74) is 5.58. The maximum atomic E-state index is 12.0. The van der Waals surface area contributed by atoms with Gasteiger partial charge in [0.05, 0.1) is 38.3 Å². The summed E-state index contributed by atoms with van der Waals surface area (Å²) < 4.78 is 17.0. The number of fused-ring (bicyclic) bond motifs is 1. The lowest BCUT2D eigenvalue weighted by Crippen LogP contribution is -2.32. The molecule has 0 unspecified atom stereocenters. The van der Waals surface area contributed by atoms with Crippen LogP contribution in [0.2, 0.25) is 0 Å². The predicted octanol–water partition coefficient (Wildman–Crippen LogP) is 3.01. The number of carbonyl (C=O) groups excluding carboxylic acids is 2. The molecule has 152 valence electrons. The van der Waals surface area contributed by atoms with Gasteiger partial charge in [-0.05, 0) is 26.8 Å². The molecule has 1 heterocycles. The molecule has 9 nitrogen and oxygen atoms in total. The number of rotatable bonds is 5. The number of aromatic nitrogens is 1. The fourth-order valence-electron chi connectivity index (χ4n) is 2.53. The van der Waals surface area contributed by atoms with E-state index in [4.69, 9.17) is 19.9 Å². The van der Waals surface area contributed by atoms with E-state index in [-0.39, 0.29) is 6.54 Å². The van der Waals surface area contributed by atoms with Crippen molar-refractivity contribution in [3.8, 4) is 11.5 Å². The van der Waals surface area contributed by atoms with E-state index in [1.807, 2.05) is 0 Å². The zero-order chi connectivity index (χ0) is 21.1. The van der Waals surface area contributed by atoms with Crippen LogP contribution in [-0.4, -0.2) is 36.9 Å². The minimum Gasteiger partial charge on any atom is -0.497 e. The number of thiol groups is 1. The molecule has 3 amide bonds. The van der Waals surface area contributed by atoms with Gasteiger partial charge >= 0.3 is 12.1 Å². The number of nitrogens with one attached hydrogen (secondary N) is 1. The van der Waals surface area contributed by atoms with Crippen LogP contribution in [0.25, 0.3) is 10.8 Å². The van der Waals surface area contributed by atoms with Crippen molar-refractivity contribution in [3.05, 3.63) is 24.0 Å². The predicted molar refractivity (Wildman–Crippen MR) is 109 cm³/mol. The van der Waals surface area contributed by atoms with Gasteiger partial charge in [-0.1, -0.05) is 12.8 Å². The molecule has 0 spiro atoms. The monoisotopic (exact) mass is 408 g/mol. The van der Waals surface area contributed by atoms with Gasteiger partial charge in [-0.15, -0.1) is 0 Å². The van der Waals surface area contributed by atoms with Crippen LogP contribution >= 0.6 is 12.8 Å². The standard InChI is InChI=1S/C18H24N4O5S/c1-18(2,3)27-17(24)21-8-12-15-11(6-10(25-4)7-14(15)26-5)13(9-20-12)22(28)16(19)23/h6-7,9,28H,8H2,1-5H3,(H2,19,23)(H,21,24). The Morgan fingerprint density at radius 2 is 1.93 bits per heavy atom. The van der Waals surface area contributed by atoms with Crippen LogP contribution in [-0.2, 0) is 11.3 Å². The summed E-state index contributed by atoms with van der Waals surface area (Å²) in [6, 6.07) is 2.61. The smallest absolute Gasteiger partial charge is 0.407 e. The molecule has 1 aromatic carbocycles. The van der Waals surface area contributed by atoms with Crippen molar-refractivity contribution >= 4 is 41.4 Å². The molecule has 0 bridgehead atoms. The molecule has 0 atom stereocenters. The van der Waals surface area contributed by atoms with E-state index in [1.165, 1.54) is 20.4 Å². The van der Waals surface area contributed by atoms with E-state index >= 15 is 0 Å². The van der Waals surface area contributed by atoms with Crippen molar-refractivity contribution in [2.75, 3.05) is 18.5 Å². The van der Waals surface area contributed by atoms with Gasteiger partial charge in [0.25, 0.3) is 0 Å². The van der Waals surface area contributed by atoms with E-state index in [9.17, 15) is 9.59 Å². The third-order valence-electron chi connectivity index (χ3n) is 3.67. The van der Waals surface area contributed by atoms with Gasteiger partial charge in [-0.3, -0.25) is 4.98 Å². The molecule has 10 heteroatoms. The maximum absolute atomic E-state index is 12.0. The van der Waals surface area contributed by atoms with Crippen LogP contribution in [0, 0.1) is 0 Å². The Labute approximate surface area is 168 Å². The molecule has 2 rings (SSSR count). The molecule has 1 aromatic heterocycles. The average molecular weight is 408 g/mol. The third kappa shape index (κ3) is 4.89. The minimum atomic E-state index is -0.771. The Morgan fingerprint density at radius 1 is 1.25 bits per heavy atom. The first-order valence-corrected chi connectivity index (χ1v) is 8.76. The summed E-state index contributed by atoms with van der Waals surface area (Å²) in [7, 11) is 3.01. The molecule has 0 aliphatic carbocycles. The molecule has 0 saturated carbocycles. The number of amides is 3. The molecule has 28 heavy (non-hydrogen) atoms. The summed E-state index contributed by atoms with van der Waals surface area (Å²) in [4.78, 5) is 27.9. The van der Waals surface area contributed by atoms with Crippen molar-refractivity contribution in [2.24, 2.45) is 5.73 Å². The highest BCUT2D eigenvalue weighted by molar-refractivity contribution is 7.82. The molecule has 2 aromatic rings. The zero-order valence-electron chi connectivity index (χ0n) is 16.4. The fourth-order valence-corrected chi connectivity index (χ4v) is 2.69. The highest BCUT2D eigenvalue weighted by Gasteiger charge is 2.21. The van der Waals surface area contributed by atoms with Crippen LogP contribution in [0.3, 0.4) is 0 Å². The molecule has 0 aliphatic rings. The number of primary amides is 1. The lowest BCUT2D eigenvalue weighted by atomic mass is 10.1. The number of urea groups is 1. The number of nitrogens with two attached hydrogens (primary N) is 1. The van der Waals surface area contributed by atoms with Gasteiger partial charge in [0.2, 0.25) is 0 Å². The highest BCUT2D eigenvalue weighted by atomic mass is 32.1. The van der Waals surface area contributed by atoms with E-state index in [2.05, 4.69) is 23.1 Å². The van der Waals surface area contributed by atoms with Gasteiger partial charge in [-0.25, -0.2) is 13.9 Å². The summed E-state index contributed by atoms with van der Waals surface area (Å²) in [6.07, 6.45) is 0.859. The lowest BCUT2D eigenvalue weighted by molar-refractivity contribution is 0.0523. The summed E-state index contributed by atoms with van der Waals surface area (Å²) in [5.74, 6) is 0.963. The number of alkyl carbamates (subject to hydrolysis) is 1. The van der Waals surface area contributed by atoms with Crippen molar-refractivity contribution in [3.63, 3.8) is 0 Å². The number of hydrogen-bond donors (Lipinski definition) is 3. The fraction of sp³-hybridized carbons (Fsp3) is 0.389. The summed E-state index contributed by atoms with van der Waals surface area (Å²) in [5, 5.41) is 3.82. The number of hydrogen-bond acceptors (Lipinski definition) is 7. The minimum absolute atomic E-state index is 0.0809. The molecular weight excluding hydrogens is 384 g/mol. The SMILES string of the molecule is COc1cc(OC)c2c(CNC(=O)OC(C)(C)C)ncc(N(S)C(N)=O)c2c1. The quantitative estimate of drug-likeness (QED) is 0.655. The molecular formula is C18H24N4O5S. The second-order valence-electron chi connectivity index (χ2n) is 6.85. The number of carbonyl (C=O) groups is 2. The second kappa shape index (κ2) is 8.42. The lowest BCUT2D eigenvalue weighted by Gasteiger charge is -2.21. The van der Waals surface area contributed by atoms with Gasteiger partial charge in [-0.2, -0.15) is 0 Å². The van der Waals surface area contributed by atoms with Crippen molar-refractivity contribution < 1.29 is 23.8 Å².